The van der Waals surface area contributed by atoms with Crippen molar-refractivity contribution in [3.05, 3.63) is 86.9 Å². The number of halogens is 4. The Labute approximate surface area is 189 Å². The quantitative estimate of drug-likeness (QED) is 0.461. The van der Waals surface area contributed by atoms with Crippen molar-refractivity contribution in [3.8, 4) is 0 Å². The molecule has 0 atom stereocenters. The van der Waals surface area contributed by atoms with E-state index in [9.17, 15) is 22.8 Å². The van der Waals surface area contributed by atoms with Gasteiger partial charge in [0, 0.05) is 11.6 Å². The number of hydrogen-bond acceptors (Lipinski definition) is 5. The standard InChI is InChI=1S/C21H16ClF3N6O2/c22-16-6-4-13(5-7-16)9-26-17(32)11-30-12-27-19-18(20(30)33)28-29-31(19)10-14-2-1-3-15(8-14)21(23,24)25/h1-8,12H,9-11H2,(H,26,32). The number of alkyl halides is 3. The van der Waals surface area contributed by atoms with E-state index < -0.39 is 23.2 Å². The molecule has 0 saturated carbocycles. The number of benzene rings is 2. The lowest BCUT2D eigenvalue weighted by atomic mass is 10.1. The summed E-state index contributed by atoms with van der Waals surface area (Å²) in [6.07, 6.45) is -3.29. The molecule has 1 amide bonds. The van der Waals surface area contributed by atoms with Crippen LogP contribution in [0.1, 0.15) is 16.7 Å². The SMILES string of the molecule is O=C(Cn1cnc2c(nnn2Cc2cccc(C(F)(F)F)c2)c1=O)NCc1ccc(Cl)cc1. The number of nitrogens with one attached hydrogen (secondary N) is 1. The number of fused-ring (bicyclic) bond motifs is 1. The molecule has 0 aliphatic carbocycles. The van der Waals surface area contributed by atoms with E-state index in [2.05, 4.69) is 20.6 Å². The van der Waals surface area contributed by atoms with Gasteiger partial charge in [0.15, 0.2) is 11.2 Å². The normalized spacial score (nSPS) is 11.6. The minimum atomic E-state index is -4.47. The van der Waals surface area contributed by atoms with Crippen molar-refractivity contribution in [2.75, 3.05) is 0 Å². The maximum Gasteiger partial charge on any atom is 0.416 e. The van der Waals surface area contributed by atoms with Gasteiger partial charge in [-0.15, -0.1) is 5.10 Å². The number of hydrogen-bond donors (Lipinski definition) is 1. The second-order valence-corrected chi connectivity index (χ2v) is 7.63. The highest BCUT2D eigenvalue weighted by Crippen LogP contribution is 2.29. The molecule has 2 aromatic heterocycles. The van der Waals surface area contributed by atoms with Crippen LogP contribution < -0.4 is 10.9 Å². The molecule has 2 aromatic carbocycles. The Morgan fingerprint density at radius 3 is 2.58 bits per heavy atom. The Kier molecular flexibility index (Phi) is 6.14. The molecule has 33 heavy (non-hydrogen) atoms. The van der Waals surface area contributed by atoms with Gasteiger partial charge >= 0.3 is 6.18 Å². The molecule has 0 aliphatic rings. The summed E-state index contributed by atoms with van der Waals surface area (Å²) in [5.74, 6) is -0.412. The molecule has 0 aliphatic heterocycles. The second-order valence-electron chi connectivity index (χ2n) is 7.20. The summed E-state index contributed by atoms with van der Waals surface area (Å²) in [5, 5.41) is 10.9. The minimum absolute atomic E-state index is 0.0571. The van der Waals surface area contributed by atoms with Crippen LogP contribution in [0.5, 0.6) is 0 Å². The van der Waals surface area contributed by atoms with Crippen LogP contribution in [0, 0.1) is 0 Å². The molecule has 8 nitrogen and oxygen atoms in total. The van der Waals surface area contributed by atoms with Crippen LogP contribution in [0.3, 0.4) is 0 Å². The zero-order valence-corrected chi connectivity index (χ0v) is 17.6. The molecule has 0 fully saturated rings. The van der Waals surface area contributed by atoms with Crippen molar-refractivity contribution in [2.45, 2.75) is 25.8 Å². The van der Waals surface area contributed by atoms with Crippen molar-refractivity contribution in [3.63, 3.8) is 0 Å². The summed E-state index contributed by atoms with van der Waals surface area (Å²) >= 11 is 5.83. The van der Waals surface area contributed by atoms with Gasteiger partial charge in [0.25, 0.3) is 5.56 Å². The summed E-state index contributed by atoms with van der Waals surface area (Å²) in [5.41, 5.74) is -0.193. The highest BCUT2D eigenvalue weighted by Gasteiger charge is 2.30. The van der Waals surface area contributed by atoms with Crippen molar-refractivity contribution in [1.29, 1.82) is 0 Å². The highest BCUT2D eigenvalue weighted by atomic mass is 35.5. The molecule has 12 heteroatoms. The molecule has 0 saturated heterocycles. The van der Waals surface area contributed by atoms with E-state index in [1.165, 1.54) is 23.1 Å². The molecule has 0 radical (unpaired) electrons. The smallest absolute Gasteiger partial charge is 0.350 e. The fraction of sp³-hybridized carbons (Fsp3) is 0.190. The molecule has 4 rings (SSSR count). The third-order valence-electron chi connectivity index (χ3n) is 4.80. The topological polar surface area (TPSA) is 94.7 Å². The van der Waals surface area contributed by atoms with Crippen LogP contribution in [-0.2, 0) is 30.6 Å². The first-order valence-corrected chi connectivity index (χ1v) is 10.0. The molecule has 170 valence electrons. The van der Waals surface area contributed by atoms with Gasteiger partial charge in [-0.2, -0.15) is 13.2 Å². The largest absolute Gasteiger partial charge is 0.416 e. The predicted octanol–water partition coefficient (Wildman–Crippen LogP) is 3.02. The van der Waals surface area contributed by atoms with Crippen LogP contribution in [0.4, 0.5) is 13.2 Å². The van der Waals surface area contributed by atoms with Gasteiger partial charge < -0.3 is 5.32 Å². The maximum absolute atomic E-state index is 12.9. The van der Waals surface area contributed by atoms with Crippen molar-refractivity contribution in [1.82, 2.24) is 29.9 Å². The Balaban J connectivity index is 1.48. The second kappa shape index (κ2) is 9.02. The minimum Gasteiger partial charge on any atom is -0.350 e. The van der Waals surface area contributed by atoms with E-state index in [0.717, 1.165) is 22.3 Å². The zero-order chi connectivity index (χ0) is 23.6. The molecule has 0 bridgehead atoms. The van der Waals surface area contributed by atoms with E-state index in [4.69, 9.17) is 11.6 Å². The summed E-state index contributed by atoms with van der Waals surface area (Å²) in [6.45, 7) is -0.0814. The van der Waals surface area contributed by atoms with Crippen molar-refractivity contribution in [2.24, 2.45) is 0 Å². The Bertz CT molecular complexity index is 1370. The van der Waals surface area contributed by atoms with Gasteiger partial charge in [0.1, 0.15) is 12.9 Å². The monoisotopic (exact) mass is 476 g/mol. The van der Waals surface area contributed by atoms with E-state index >= 15 is 0 Å². The van der Waals surface area contributed by atoms with E-state index in [-0.39, 0.29) is 30.8 Å². The molecule has 2 heterocycles. The average molecular weight is 477 g/mol. The van der Waals surface area contributed by atoms with Crippen LogP contribution in [-0.4, -0.2) is 30.5 Å². The van der Waals surface area contributed by atoms with Gasteiger partial charge in [-0.25, -0.2) is 9.67 Å². The predicted molar refractivity (Wildman–Crippen MR) is 113 cm³/mol. The Hall–Kier alpha value is -3.73. The Morgan fingerprint density at radius 2 is 1.85 bits per heavy atom. The molecule has 4 aromatic rings. The zero-order valence-electron chi connectivity index (χ0n) is 16.9. The van der Waals surface area contributed by atoms with Gasteiger partial charge in [0.2, 0.25) is 5.91 Å². The van der Waals surface area contributed by atoms with Gasteiger partial charge in [-0.1, -0.05) is 41.1 Å². The first-order chi connectivity index (χ1) is 15.7. The van der Waals surface area contributed by atoms with Crippen LogP contribution in [0.15, 0.2) is 59.7 Å². The third kappa shape index (κ3) is 5.20. The number of carbonyl (C=O) groups excluding carboxylic acids is 1. The summed E-state index contributed by atoms with van der Waals surface area (Å²) in [6, 6.07) is 11.7. The fourth-order valence-electron chi connectivity index (χ4n) is 3.14. The number of aromatic nitrogens is 5. The lowest BCUT2D eigenvalue weighted by Gasteiger charge is -2.09. The van der Waals surface area contributed by atoms with E-state index in [1.54, 1.807) is 24.3 Å². The number of carbonyl (C=O) groups is 1. The number of rotatable bonds is 6. The number of amides is 1. The lowest BCUT2D eigenvalue weighted by Crippen LogP contribution is -2.32. The van der Waals surface area contributed by atoms with Crippen LogP contribution in [0.2, 0.25) is 5.02 Å². The summed E-state index contributed by atoms with van der Waals surface area (Å²) in [4.78, 5) is 29.1. The van der Waals surface area contributed by atoms with Gasteiger partial charge in [-0.3, -0.25) is 14.2 Å². The molecule has 0 unspecified atom stereocenters. The summed E-state index contributed by atoms with van der Waals surface area (Å²) in [7, 11) is 0. The van der Waals surface area contributed by atoms with Gasteiger partial charge in [-0.05, 0) is 35.4 Å². The fourth-order valence-corrected chi connectivity index (χ4v) is 3.26. The highest BCUT2D eigenvalue weighted by molar-refractivity contribution is 6.30. The maximum atomic E-state index is 12.9. The Morgan fingerprint density at radius 1 is 1.09 bits per heavy atom. The van der Waals surface area contributed by atoms with E-state index in [1.807, 2.05) is 0 Å². The van der Waals surface area contributed by atoms with Crippen molar-refractivity contribution < 1.29 is 18.0 Å². The van der Waals surface area contributed by atoms with Crippen LogP contribution >= 0.6 is 11.6 Å². The lowest BCUT2D eigenvalue weighted by molar-refractivity contribution is -0.137. The molecular weight excluding hydrogens is 461 g/mol. The van der Waals surface area contributed by atoms with Crippen molar-refractivity contribution >= 4 is 28.7 Å². The summed E-state index contributed by atoms with van der Waals surface area (Å²) < 4.78 is 41.1. The molecule has 1 N–H and O–H groups in total. The third-order valence-corrected chi connectivity index (χ3v) is 5.05. The van der Waals surface area contributed by atoms with E-state index in [0.29, 0.717) is 10.6 Å². The molecule has 0 spiro atoms. The molecular formula is C21H16ClF3N6O2. The van der Waals surface area contributed by atoms with Gasteiger partial charge in [0.05, 0.1) is 12.1 Å². The first-order valence-electron chi connectivity index (χ1n) is 9.66. The average Bonchev–Trinajstić information content (AvgIpc) is 3.18. The number of nitrogens with zero attached hydrogens (tertiary/aromatic N) is 5. The first kappa shape index (κ1) is 22.5. The van der Waals surface area contributed by atoms with Crippen LogP contribution in [0.25, 0.3) is 11.2 Å².